The molecule has 0 aliphatic rings. The summed E-state index contributed by atoms with van der Waals surface area (Å²) >= 11 is 6.88. The molecule has 10 heteroatoms. The Bertz CT molecular complexity index is 731. The van der Waals surface area contributed by atoms with E-state index in [2.05, 4.69) is 10.1 Å². The van der Waals surface area contributed by atoms with E-state index in [0.717, 1.165) is 28.6 Å². The fraction of sp³-hybridized carbons (Fsp3) is 0.357. The first-order valence-corrected chi connectivity index (χ1v) is 8.21. The zero-order chi connectivity index (χ0) is 17.9. The van der Waals surface area contributed by atoms with E-state index in [-0.39, 0.29) is 16.2 Å². The topological polar surface area (TPSA) is 51.0 Å². The summed E-state index contributed by atoms with van der Waals surface area (Å²) in [4.78, 5) is 18.0. The van der Waals surface area contributed by atoms with Crippen LogP contribution in [0.2, 0.25) is 5.02 Å². The summed E-state index contributed by atoms with van der Waals surface area (Å²) in [6, 6.07) is 2.72. The highest BCUT2D eigenvalue weighted by molar-refractivity contribution is 7.99. The highest BCUT2D eigenvalue weighted by atomic mass is 35.5. The standard InChI is InChI=1S/C14H14ClF3N4OS/c1-3-21(4-2)13(23)22-8-19-12(20-22)24-11-6-5-9(7-10(11)15)14(16,17)18/h5-8H,3-4H2,1-2H3. The minimum Gasteiger partial charge on any atom is -0.323 e. The maximum absolute atomic E-state index is 12.6. The van der Waals surface area contributed by atoms with Gasteiger partial charge in [0, 0.05) is 18.0 Å². The first kappa shape index (κ1) is 18.6. The lowest BCUT2D eigenvalue weighted by molar-refractivity contribution is -0.137. The fourth-order valence-corrected chi connectivity index (χ4v) is 2.90. The molecule has 0 saturated carbocycles. The molecule has 1 aromatic heterocycles. The normalized spacial score (nSPS) is 11.6. The molecular formula is C14H14ClF3N4OS. The number of hydrogen-bond donors (Lipinski definition) is 0. The van der Waals surface area contributed by atoms with Gasteiger partial charge in [-0.05, 0) is 43.8 Å². The summed E-state index contributed by atoms with van der Waals surface area (Å²) in [6.07, 6.45) is -3.19. The van der Waals surface area contributed by atoms with Crippen LogP contribution in [0.3, 0.4) is 0 Å². The van der Waals surface area contributed by atoms with Crippen molar-refractivity contribution < 1.29 is 18.0 Å². The quantitative estimate of drug-likeness (QED) is 0.790. The molecule has 2 aromatic rings. The third-order valence-corrected chi connectivity index (χ3v) is 4.53. The molecule has 5 nitrogen and oxygen atoms in total. The van der Waals surface area contributed by atoms with Crippen molar-refractivity contribution in [2.45, 2.75) is 30.1 Å². The van der Waals surface area contributed by atoms with E-state index >= 15 is 0 Å². The van der Waals surface area contributed by atoms with Crippen LogP contribution in [-0.4, -0.2) is 38.8 Å². The summed E-state index contributed by atoms with van der Waals surface area (Å²) in [5.74, 6) is 0. The summed E-state index contributed by atoms with van der Waals surface area (Å²) in [5.41, 5.74) is -0.827. The number of amides is 1. The predicted octanol–water partition coefficient (Wildman–Crippen LogP) is 4.41. The van der Waals surface area contributed by atoms with Crippen LogP contribution in [0, 0.1) is 0 Å². The van der Waals surface area contributed by atoms with E-state index in [1.54, 1.807) is 4.90 Å². The van der Waals surface area contributed by atoms with E-state index in [1.165, 1.54) is 12.4 Å². The van der Waals surface area contributed by atoms with Crippen LogP contribution in [0.5, 0.6) is 0 Å². The van der Waals surface area contributed by atoms with Gasteiger partial charge in [-0.3, -0.25) is 0 Å². The molecule has 0 N–H and O–H groups in total. The van der Waals surface area contributed by atoms with Crippen LogP contribution >= 0.6 is 23.4 Å². The van der Waals surface area contributed by atoms with Gasteiger partial charge in [0.25, 0.3) is 0 Å². The molecule has 0 saturated heterocycles. The number of nitrogens with zero attached hydrogens (tertiary/aromatic N) is 4. The van der Waals surface area contributed by atoms with E-state index in [1.807, 2.05) is 13.8 Å². The van der Waals surface area contributed by atoms with E-state index in [9.17, 15) is 18.0 Å². The van der Waals surface area contributed by atoms with Crippen LogP contribution in [0.25, 0.3) is 0 Å². The Balaban J connectivity index is 2.17. The van der Waals surface area contributed by atoms with Crippen molar-refractivity contribution in [3.8, 4) is 0 Å². The second-order valence-corrected chi connectivity index (χ2v) is 6.09. The number of carbonyl (C=O) groups is 1. The van der Waals surface area contributed by atoms with Crippen molar-refractivity contribution in [3.63, 3.8) is 0 Å². The molecule has 0 unspecified atom stereocenters. The number of rotatable bonds is 4. The molecule has 0 atom stereocenters. The van der Waals surface area contributed by atoms with Gasteiger partial charge in [0.2, 0.25) is 5.16 Å². The average molecular weight is 379 g/mol. The van der Waals surface area contributed by atoms with Crippen LogP contribution in [0.4, 0.5) is 18.0 Å². The van der Waals surface area contributed by atoms with Crippen molar-refractivity contribution >= 4 is 29.4 Å². The van der Waals surface area contributed by atoms with Gasteiger partial charge < -0.3 is 4.90 Å². The van der Waals surface area contributed by atoms with Gasteiger partial charge in [0.05, 0.1) is 10.6 Å². The molecule has 0 aliphatic heterocycles. The van der Waals surface area contributed by atoms with Crippen molar-refractivity contribution in [3.05, 3.63) is 35.1 Å². The minimum absolute atomic E-state index is 0.0544. The molecule has 1 aromatic carbocycles. The maximum Gasteiger partial charge on any atom is 0.416 e. The molecular weight excluding hydrogens is 365 g/mol. The lowest BCUT2D eigenvalue weighted by Crippen LogP contribution is -2.34. The van der Waals surface area contributed by atoms with E-state index < -0.39 is 11.7 Å². The minimum atomic E-state index is -4.46. The summed E-state index contributed by atoms with van der Waals surface area (Å²) in [6.45, 7) is 4.75. The fourth-order valence-electron chi connectivity index (χ4n) is 1.88. The molecule has 1 amide bonds. The number of hydrogen-bond acceptors (Lipinski definition) is 4. The molecule has 24 heavy (non-hydrogen) atoms. The zero-order valence-corrected chi connectivity index (χ0v) is 14.4. The predicted molar refractivity (Wildman–Crippen MR) is 84.3 cm³/mol. The largest absolute Gasteiger partial charge is 0.416 e. The lowest BCUT2D eigenvalue weighted by atomic mass is 10.2. The van der Waals surface area contributed by atoms with Crippen LogP contribution in [0.1, 0.15) is 19.4 Å². The smallest absolute Gasteiger partial charge is 0.323 e. The molecule has 0 spiro atoms. The molecule has 0 bridgehead atoms. The van der Waals surface area contributed by atoms with Crippen molar-refractivity contribution in [2.75, 3.05) is 13.1 Å². The summed E-state index contributed by atoms with van der Waals surface area (Å²) < 4.78 is 39.0. The van der Waals surface area contributed by atoms with E-state index in [4.69, 9.17) is 11.6 Å². The molecule has 130 valence electrons. The molecule has 0 fully saturated rings. The Morgan fingerprint density at radius 3 is 2.54 bits per heavy atom. The lowest BCUT2D eigenvalue weighted by Gasteiger charge is -2.17. The monoisotopic (exact) mass is 378 g/mol. The third kappa shape index (κ3) is 4.21. The van der Waals surface area contributed by atoms with Crippen LogP contribution in [0.15, 0.2) is 34.6 Å². The number of halogens is 4. The second kappa shape index (κ2) is 7.43. The molecule has 0 aliphatic carbocycles. The second-order valence-electron chi connectivity index (χ2n) is 4.67. The highest BCUT2D eigenvalue weighted by Gasteiger charge is 2.31. The Hall–Kier alpha value is -1.74. The van der Waals surface area contributed by atoms with Gasteiger partial charge in [-0.1, -0.05) is 11.6 Å². The number of alkyl halides is 3. The SMILES string of the molecule is CCN(CC)C(=O)n1cnc(Sc2ccc(C(F)(F)F)cc2Cl)n1. The first-order chi connectivity index (χ1) is 11.3. The van der Waals surface area contributed by atoms with Crippen LogP contribution in [-0.2, 0) is 6.18 Å². The number of benzene rings is 1. The Labute approximate surface area is 145 Å². The summed E-state index contributed by atoms with van der Waals surface area (Å²) in [7, 11) is 0. The van der Waals surface area contributed by atoms with Gasteiger partial charge in [-0.2, -0.15) is 17.9 Å². The third-order valence-electron chi connectivity index (χ3n) is 3.16. The van der Waals surface area contributed by atoms with Crippen molar-refractivity contribution in [1.29, 1.82) is 0 Å². The molecule has 0 radical (unpaired) electrons. The Morgan fingerprint density at radius 1 is 1.33 bits per heavy atom. The van der Waals surface area contributed by atoms with Crippen LogP contribution < -0.4 is 0 Å². The summed E-state index contributed by atoms with van der Waals surface area (Å²) in [5, 5.41) is 4.20. The van der Waals surface area contributed by atoms with Gasteiger partial charge >= 0.3 is 12.2 Å². The first-order valence-electron chi connectivity index (χ1n) is 7.01. The van der Waals surface area contributed by atoms with Gasteiger partial charge in [-0.15, -0.1) is 5.10 Å². The Morgan fingerprint density at radius 2 is 2.00 bits per heavy atom. The van der Waals surface area contributed by atoms with Crippen molar-refractivity contribution in [1.82, 2.24) is 19.7 Å². The number of aromatic nitrogens is 3. The van der Waals surface area contributed by atoms with E-state index in [0.29, 0.717) is 18.0 Å². The Kier molecular flexibility index (Phi) is 5.76. The molecule has 2 rings (SSSR count). The van der Waals surface area contributed by atoms with Gasteiger partial charge in [0.1, 0.15) is 6.33 Å². The number of carbonyl (C=O) groups excluding carboxylic acids is 1. The van der Waals surface area contributed by atoms with Crippen molar-refractivity contribution in [2.24, 2.45) is 0 Å². The highest BCUT2D eigenvalue weighted by Crippen LogP contribution is 2.36. The zero-order valence-electron chi connectivity index (χ0n) is 12.8. The van der Waals surface area contributed by atoms with Gasteiger partial charge in [-0.25, -0.2) is 9.78 Å². The van der Waals surface area contributed by atoms with Gasteiger partial charge in [0.15, 0.2) is 0 Å². The average Bonchev–Trinajstić information content (AvgIpc) is 2.98. The molecule has 1 heterocycles. The maximum atomic E-state index is 12.6.